The maximum atomic E-state index is 12.5. The number of nitrogens with one attached hydrogen (secondary N) is 1. The van der Waals surface area contributed by atoms with Crippen LogP contribution >= 0.6 is 0 Å². The van der Waals surface area contributed by atoms with Gasteiger partial charge in [0, 0.05) is 24.8 Å². The summed E-state index contributed by atoms with van der Waals surface area (Å²) in [6, 6.07) is 5.26. The standard InChI is InChI=1S/C12H14F3NO/c13-12(14,15)10-2-1-3-11(6-10)16-7-9-4-5-17-8-9/h1-3,6,9,16H,4-5,7-8H2. The number of rotatable bonds is 3. The molecular weight excluding hydrogens is 231 g/mol. The Hall–Kier alpha value is -1.23. The summed E-state index contributed by atoms with van der Waals surface area (Å²) >= 11 is 0. The first kappa shape index (κ1) is 12.2. The summed E-state index contributed by atoms with van der Waals surface area (Å²) in [7, 11) is 0. The molecule has 0 radical (unpaired) electrons. The predicted octanol–water partition coefficient (Wildman–Crippen LogP) is 3.15. The number of alkyl halides is 3. The minimum atomic E-state index is -4.28. The number of hydrogen-bond donors (Lipinski definition) is 1. The highest BCUT2D eigenvalue weighted by Gasteiger charge is 2.30. The van der Waals surface area contributed by atoms with Crippen LogP contribution in [0.15, 0.2) is 24.3 Å². The maximum Gasteiger partial charge on any atom is 0.416 e. The van der Waals surface area contributed by atoms with Crippen LogP contribution in [-0.4, -0.2) is 19.8 Å². The third-order valence-corrected chi connectivity index (χ3v) is 2.81. The molecule has 1 aliphatic heterocycles. The first-order valence-corrected chi connectivity index (χ1v) is 5.54. The second-order valence-electron chi connectivity index (χ2n) is 4.19. The zero-order valence-electron chi connectivity index (χ0n) is 9.26. The van der Waals surface area contributed by atoms with Crippen molar-refractivity contribution in [3.8, 4) is 0 Å². The molecule has 0 bridgehead atoms. The fourth-order valence-corrected chi connectivity index (χ4v) is 1.81. The number of ether oxygens (including phenoxy) is 1. The van der Waals surface area contributed by atoms with Crippen molar-refractivity contribution >= 4 is 5.69 Å². The molecular formula is C12H14F3NO. The van der Waals surface area contributed by atoms with E-state index in [1.54, 1.807) is 6.07 Å². The van der Waals surface area contributed by atoms with Gasteiger partial charge in [-0.05, 0) is 24.6 Å². The Balaban J connectivity index is 1.96. The zero-order chi connectivity index (χ0) is 12.3. The molecule has 5 heteroatoms. The molecule has 2 rings (SSSR count). The van der Waals surface area contributed by atoms with E-state index in [0.717, 1.165) is 25.2 Å². The SMILES string of the molecule is FC(F)(F)c1cccc(NCC2CCOC2)c1. The van der Waals surface area contributed by atoms with E-state index < -0.39 is 11.7 Å². The molecule has 0 aromatic heterocycles. The average molecular weight is 245 g/mol. The van der Waals surface area contributed by atoms with Crippen LogP contribution in [0.3, 0.4) is 0 Å². The van der Waals surface area contributed by atoms with E-state index in [-0.39, 0.29) is 0 Å². The normalized spacial score (nSPS) is 20.5. The molecule has 1 aromatic carbocycles. The molecule has 1 heterocycles. The minimum absolute atomic E-state index is 0.393. The maximum absolute atomic E-state index is 12.5. The van der Waals surface area contributed by atoms with Crippen molar-refractivity contribution in [3.05, 3.63) is 29.8 Å². The molecule has 0 spiro atoms. The molecule has 94 valence electrons. The van der Waals surface area contributed by atoms with E-state index in [1.165, 1.54) is 6.07 Å². The van der Waals surface area contributed by atoms with Crippen LogP contribution in [0.25, 0.3) is 0 Å². The van der Waals surface area contributed by atoms with Gasteiger partial charge in [-0.15, -0.1) is 0 Å². The summed E-state index contributed by atoms with van der Waals surface area (Å²) in [6.45, 7) is 2.09. The van der Waals surface area contributed by atoms with Crippen molar-refractivity contribution < 1.29 is 17.9 Å². The number of anilines is 1. The molecule has 1 atom stereocenters. The van der Waals surface area contributed by atoms with Crippen LogP contribution in [0.5, 0.6) is 0 Å². The Labute approximate surface area is 97.8 Å². The summed E-state index contributed by atoms with van der Waals surface area (Å²) in [5.41, 5.74) is -0.114. The van der Waals surface area contributed by atoms with Crippen LogP contribution in [0.4, 0.5) is 18.9 Å². The Morgan fingerprint density at radius 2 is 2.18 bits per heavy atom. The van der Waals surface area contributed by atoms with Gasteiger partial charge in [0.25, 0.3) is 0 Å². The van der Waals surface area contributed by atoms with Crippen molar-refractivity contribution in [2.75, 3.05) is 25.1 Å². The van der Waals surface area contributed by atoms with Gasteiger partial charge < -0.3 is 10.1 Å². The van der Waals surface area contributed by atoms with Crippen molar-refractivity contribution in [1.29, 1.82) is 0 Å². The van der Waals surface area contributed by atoms with Gasteiger partial charge in [-0.1, -0.05) is 6.07 Å². The lowest BCUT2D eigenvalue weighted by Crippen LogP contribution is -2.14. The summed E-state index contributed by atoms with van der Waals surface area (Å²) in [6.07, 6.45) is -3.32. The molecule has 1 N–H and O–H groups in total. The van der Waals surface area contributed by atoms with Crippen LogP contribution in [0.1, 0.15) is 12.0 Å². The van der Waals surface area contributed by atoms with Crippen molar-refractivity contribution in [3.63, 3.8) is 0 Å². The fraction of sp³-hybridized carbons (Fsp3) is 0.500. The van der Waals surface area contributed by atoms with E-state index in [4.69, 9.17) is 4.74 Å². The van der Waals surface area contributed by atoms with Gasteiger partial charge in [0.1, 0.15) is 0 Å². The zero-order valence-corrected chi connectivity index (χ0v) is 9.26. The van der Waals surface area contributed by atoms with Gasteiger partial charge in [0.05, 0.1) is 12.2 Å². The first-order valence-electron chi connectivity index (χ1n) is 5.54. The second kappa shape index (κ2) is 4.96. The van der Waals surface area contributed by atoms with Crippen molar-refractivity contribution in [2.45, 2.75) is 12.6 Å². The predicted molar refractivity (Wildman–Crippen MR) is 58.9 cm³/mol. The highest BCUT2D eigenvalue weighted by atomic mass is 19.4. The molecule has 1 aromatic rings. The number of benzene rings is 1. The first-order chi connectivity index (χ1) is 8.05. The molecule has 0 saturated carbocycles. The van der Waals surface area contributed by atoms with Gasteiger partial charge in [-0.2, -0.15) is 13.2 Å². The third kappa shape index (κ3) is 3.36. The third-order valence-electron chi connectivity index (χ3n) is 2.81. The van der Waals surface area contributed by atoms with Gasteiger partial charge in [0.15, 0.2) is 0 Å². The number of hydrogen-bond acceptors (Lipinski definition) is 2. The Morgan fingerprint density at radius 1 is 1.35 bits per heavy atom. The average Bonchev–Trinajstić information content (AvgIpc) is 2.78. The van der Waals surface area contributed by atoms with E-state index in [9.17, 15) is 13.2 Å². The largest absolute Gasteiger partial charge is 0.416 e. The molecule has 0 aliphatic carbocycles. The smallest absolute Gasteiger partial charge is 0.385 e. The van der Waals surface area contributed by atoms with Crippen LogP contribution in [0, 0.1) is 5.92 Å². The topological polar surface area (TPSA) is 21.3 Å². The summed E-state index contributed by atoms with van der Waals surface area (Å²) in [5, 5.41) is 3.02. The van der Waals surface area contributed by atoms with Gasteiger partial charge >= 0.3 is 6.18 Å². The van der Waals surface area contributed by atoms with Gasteiger partial charge in [0.2, 0.25) is 0 Å². The van der Waals surface area contributed by atoms with Gasteiger partial charge in [-0.25, -0.2) is 0 Å². The highest BCUT2D eigenvalue weighted by Crippen LogP contribution is 2.30. The van der Waals surface area contributed by atoms with E-state index >= 15 is 0 Å². The molecule has 1 saturated heterocycles. The second-order valence-corrected chi connectivity index (χ2v) is 4.19. The molecule has 1 fully saturated rings. The molecule has 0 amide bonds. The van der Waals surface area contributed by atoms with Gasteiger partial charge in [-0.3, -0.25) is 0 Å². The quantitative estimate of drug-likeness (QED) is 0.883. The van der Waals surface area contributed by atoms with E-state index in [1.807, 2.05) is 0 Å². The Kier molecular flexibility index (Phi) is 3.57. The lowest BCUT2D eigenvalue weighted by molar-refractivity contribution is -0.137. The van der Waals surface area contributed by atoms with Crippen molar-refractivity contribution in [1.82, 2.24) is 0 Å². The summed E-state index contributed by atoms with van der Waals surface area (Å²) in [5.74, 6) is 0.393. The molecule has 1 aliphatic rings. The minimum Gasteiger partial charge on any atom is -0.385 e. The Morgan fingerprint density at radius 3 is 2.82 bits per heavy atom. The van der Waals surface area contributed by atoms with E-state index in [2.05, 4.69) is 5.32 Å². The molecule has 1 unspecified atom stereocenters. The summed E-state index contributed by atoms with van der Waals surface area (Å²) in [4.78, 5) is 0. The van der Waals surface area contributed by atoms with Crippen LogP contribution < -0.4 is 5.32 Å². The molecule has 17 heavy (non-hydrogen) atoms. The van der Waals surface area contributed by atoms with Crippen LogP contribution in [-0.2, 0) is 10.9 Å². The number of halogens is 3. The highest BCUT2D eigenvalue weighted by molar-refractivity contribution is 5.46. The Bertz CT molecular complexity index is 372. The monoisotopic (exact) mass is 245 g/mol. The lowest BCUT2D eigenvalue weighted by Gasteiger charge is -2.12. The summed E-state index contributed by atoms with van der Waals surface area (Å²) < 4.78 is 42.6. The molecule has 2 nitrogen and oxygen atoms in total. The lowest BCUT2D eigenvalue weighted by atomic mass is 10.1. The van der Waals surface area contributed by atoms with Crippen molar-refractivity contribution in [2.24, 2.45) is 5.92 Å². The van der Waals surface area contributed by atoms with E-state index in [0.29, 0.717) is 24.8 Å². The van der Waals surface area contributed by atoms with Crippen LogP contribution in [0.2, 0.25) is 0 Å². The fourth-order valence-electron chi connectivity index (χ4n) is 1.81.